The van der Waals surface area contributed by atoms with E-state index in [0.717, 1.165) is 0 Å². The van der Waals surface area contributed by atoms with Crippen LogP contribution in [-0.4, -0.2) is 24.0 Å². The number of hydrogen-bond donors (Lipinski definition) is 2. The molecule has 5 heteroatoms. The van der Waals surface area contributed by atoms with Crippen LogP contribution in [0, 0.1) is 0 Å². The van der Waals surface area contributed by atoms with E-state index >= 15 is 0 Å². The number of benzene rings is 2. The number of aliphatic imine (C=N–C) groups is 1. The first kappa shape index (κ1) is 14.7. The van der Waals surface area contributed by atoms with E-state index in [9.17, 15) is 9.90 Å². The average molecular weight is 284 g/mol. The highest BCUT2D eigenvalue weighted by molar-refractivity contribution is 6.08. The number of aliphatic hydroxyl groups excluding tert-OH is 1. The molecule has 0 unspecified atom stereocenters. The Balaban J connectivity index is 2.47. The van der Waals surface area contributed by atoms with Crippen molar-refractivity contribution in [3.8, 4) is 0 Å². The first-order valence-electron chi connectivity index (χ1n) is 6.38. The van der Waals surface area contributed by atoms with E-state index in [1.165, 1.54) is 7.11 Å². The zero-order valence-electron chi connectivity index (χ0n) is 11.6. The van der Waals surface area contributed by atoms with Gasteiger partial charge in [-0.05, 0) is 12.1 Å². The molecule has 0 fully saturated rings. The second-order valence-electron chi connectivity index (χ2n) is 4.32. The van der Waals surface area contributed by atoms with Crippen LogP contribution in [0.25, 0.3) is 0 Å². The summed E-state index contributed by atoms with van der Waals surface area (Å²) in [7, 11) is 1.31. The highest BCUT2D eigenvalue weighted by atomic mass is 16.5. The van der Waals surface area contributed by atoms with Gasteiger partial charge in [0, 0.05) is 11.1 Å². The quantitative estimate of drug-likeness (QED) is 0.511. The Morgan fingerprint density at radius 1 is 1.14 bits per heavy atom. The van der Waals surface area contributed by atoms with Crippen LogP contribution in [0.4, 0.5) is 5.69 Å². The Labute approximate surface area is 122 Å². The zero-order chi connectivity index (χ0) is 15.2. The lowest BCUT2D eigenvalue weighted by atomic mass is 10.1. The first-order chi connectivity index (χ1) is 10.2. The van der Waals surface area contributed by atoms with E-state index in [4.69, 9.17) is 10.5 Å². The maximum absolute atomic E-state index is 11.7. The van der Waals surface area contributed by atoms with Crippen LogP contribution in [0.5, 0.6) is 0 Å². The van der Waals surface area contributed by atoms with E-state index in [1.54, 1.807) is 42.5 Å². The molecule has 21 heavy (non-hydrogen) atoms. The number of carbonyl (C=O) groups is 1. The molecule has 108 valence electrons. The van der Waals surface area contributed by atoms with E-state index in [0.29, 0.717) is 22.4 Å². The molecule has 0 heterocycles. The molecular formula is C16H16N2O3. The molecule has 0 spiro atoms. The van der Waals surface area contributed by atoms with Crippen molar-refractivity contribution in [1.29, 1.82) is 0 Å². The predicted molar refractivity (Wildman–Crippen MR) is 80.5 cm³/mol. The third-order valence-corrected chi connectivity index (χ3v) is 3.01. The van der Waals surface area contributed by atoms with Crippen molar-refractivity contribution in [2.45, 2.75) is 6.61 Å². The second-order valence-corrected chi connectivity index (χ2v) is 4.32. The van der Waals surface area contributed by atoms with Gasteiger partial charge in [-0.25, -0.2) is 9.79 Å². The molecule has 0 aliphatic rings. The minimum absolute atomic E-state index is 0.133. The standard InChI is InChI=1S/C16H16N2O3/c1-21-16(20)13-8-4-3-7-12(13)15(17)18-14-9-5-2-6-11(14)10-19/h2-9,19H,10H2,1H3,(H2,17,18). The van der Waals surface area contributed by atoms with Crippen LogP contribution in [0.1, 0.15) is 21.5 Å². The molecule has 0 aromatic heterocycles. The van der Waals surface area contributed by atoms with E-state index in [2.05, 4.69) is 4.99 Å². The van der Waals surface area contributed by atoms with Crippen molar-refractivity contribution >= 4 is 17.5 Å². The van der Waals surface area contributed by atoms with Gasteiger partial charge >= 0.3 is 5.97 Å². The molecule has 0 amide bonds. The number of aliphatic hydroxyl groups is 1. The van der Waals surface area contributed by atoms with Crippen molar-refractivity contribution in [3.05, 3.63) is 65.2 Å². The molecular weight excluding hydrogens is 268 g/mol. The first-order valence-corrected chi connectivity index (χ1v) is 6.38. The highest BCUT2D eigenvalue weighted by Gasteiger charge is 2.13. The van der Waals surface area contributed by atoms with Gasteiger partial charge in [0.05, 0.1) is 25.0 Å². The SMILES string of the molecule is COC(=O)c1ccccc1C(N)=Nc1ccccc1CO. The summed E-state index contributed by atoms with van der Waals surface area (Å²) in [6.07, 6.45) is 0. The molecule has 0 aliphatic heterocycles. The molecule has 0 bridgehead atoms. The third-order valence-electron chi connectivity index (χ3n) is 3.01. The second kappa shape index (κ2) is 6.67. The van der Waals surface area contributed by atoms with Crippen molar-refractivity contribution in [3.63, 3.8) is 0 Å². The van der Waals surface area contributed by atoms with Crippen LogP contribution < -0.4 is 5.73 Å². The molecule has 2 rings (SSSR count). The van der Waals surface area contributed by atoms with Crippen molar-refractivity contribution in [2.75, 3.05) is 7.11 Å². The summed E-state index contributed by atoms with van der Waals surface area (Å²) < 4.78 is 4.73. The number of nitrogens with zero attached hydrogens (tertiary/aromatic N) is 1. The summed E-state index contributed by atoms with van der Waals surface area (Å²) in [5.41, 5.74) is 8.08. The van der Waals surface area contributed by atoms with Gasteiger partial charge in [-0.1, -0.05) is 36.4 Å². The Kier molecular flexibility index (Phi) is 4.68. The smallest absolute Gasteiger partial charge is 0.338 e. The number of ether oxygens (including phenoxy) is 1. The molecule has 5 nitrogen and oxygen atoms in total. The molecule has 3 N–H and O–H groups in total. The third kappa shape index (κ3) is 3.27. The van der Waals surface area contributed by atoms with Gasteiger partial charge < -0.3 is 15.6 Å². The van der Waals surface area contributed by atoms with Crippen LogP contribution in [0.2, 0.25) is 0 Å². The Morgan fingerprint density at radius 3 is 2.43 bits per heavy atom. The van der Waals surface area contributed by atoms with Crippen molar-refractivity contribution in [1.82, 2.24) is 0 Å². The number of nitrogens with two attached hydrogens (primary N) is 1. The number of para-hydroxylation sites is 1. The fourth-order valence-electron chi connectivity index (χ4n) is 1.94. The predicted octanol–water partition coefficient (Wildman–Crippen LogP) is 2.00. The minimum atomic E-state index is -0.473. The van der Waals surface area contributed by atoms with Crippen LogP contribution in [-0.2, 0) is 11.3 Å². The summed E-state index contributed by atoms with van der Waals surface area (Å²) in [6.45, 7) is -0.133. The summed E-state index contributed by atoms with van der Waals surface area (Å²) in [5, 5.41) is 9.30. The van der Waals surface area contributed by atoms with Gasteiger partial charge in [0.2, 0.25) is 0 Å². The molecule has 2 aromatic rings. The summed E-state index contributed by atoms with van der Waals surface area (Å²) in [6, 6.07) is 13.9. The van der Waals surface area contributed by atoms with Gasteiger partial charge in [0.15, 0.2) is 0 Å². The van der Waals surface area contributed by atoms with Crippen molar-refractivity contribution < 1.29 is 14.6 Å². The summed E-state index contributed by atoms with van der Waals surface area (Å²) in [5.74, 6) is -0.281. The monoisotopic (exact) mass is 284 g/mol. The number of rotatable bonds is 4. The van der Waals surface area contributed by atoms with E-state index in [-0.39, 0.29) is 12.4 Å². The summed E-state index contributed by atoms with van der Waals surface area (Å²) in [4.78, 5) is 16.0. The number of amidine groups is 1. The maximum Gasteiger partial charge on any atom is 0.338 e. The van der Waals surface area contributed by atoms with Gasteiger partial charge in [0.1, 0.15) is 5.84 Å². The lowest BCUT2D eigenvalue weighted by molar-refractivity contribution is 0.0600. The Hall–Kier alpha value is -2.66. The molecule has 2 aromatic carbocycles. The van der Waals surface area contributed by atoms with Gasteiger partial charge in [0.25, 0.3) is 0 Å². The topological polar surface area (TPSA) is 84.9 Å². The highest BCUT2D eigenvalue weighted by Crippen LogP contribution is 2.20. The molecule has 0 atom stereocenters. The lowest BCUT2D eigenvalue weighted by Crippen LogP contribution is -2.18. The number of carbonyl (C=O) groups excluding carboxylic acids is 1. The summed E-state index contributed by atoms with van der Waals surface area (Å²) >= 11 is 0. The van der Waals surface area contributed by atoms with Gasteiger partial charge in [-0.15, -0.1) is 0 Å². The minimum Gasteiger partial charge on any atom is -0.465 e. The fourth-order valence-corrected chi connectivity index (χ4v) is 1.94. The Morgan fingerprint density at radius 2 is 1.76 bits per heavy atom. The van der Waals surface area contributed by atoms with Gasteiger partial charge in [-0.3, -0.25) is 0 Å². The van der Waals surface area contributed by atoms with Crippen molar-refractivity contribution in [2.24, 2.45) is 10.7 Å². The molecule has 0 saturated heterocycles. The van der Waals surface area contributed by atoms with Crippen LogP contribution in [0.15, 0.2) is 53.5 Å². The van der Waals surface area contributed by atoms with Crippen LogP contribution >= 0.6 is 0 Å². The Bertz CT molecular complexity index is 681. The average Bonchev–Trinajstić information content (AvgIpc) is 2.54. The maximum atomic E-state index is 11.7. The normalized spacial score (nSPS) is 11.2. The van der Waals surface area contributed by atoms with E-state index in [1.807, 2.05) is 6.07 Å². The van der Waals surface area contributed by atoms with Gasteiger partial charge in [-0.2, -0.15) is 0 Å². The molecule has 0 saturated carbocycles. The number of hydrogen-bond acceptors (Lipinski definition) is 4. The largest absolute Gasteiger partial charge is 0.465 e. The number of methoxy groups -OCH3 is 1. The lowest BCUT2D eigenvalue weighted by Gasteiger charge is -2.08. The fraction of sp³-hybridized carbons (Fsp3) is 0.125. The van der Waals surface area contributed by atoms with E-state index < -0.39 is 5.97 Å². The number of esters is 1. The zero-order valence-corrected chi connectivity index (χ0v) is 11.6. The van der Waals surface area contributed by atoms with Crippen LogP contribution in [0.3, 0.4) is 0 Å². The molecule has 0 radical (unpaired) electrons. The molecule has 0 aliphatic carbocycles.